The molecule has 0 rings (SSSR count). The number of nitrogens with one attached hydrogen (secondary N) is 1. The van der Waals surface area contributed by atoms with Gasteiger partial charge in [0.15, 0.2) is 5.96 Å². The van der Waals surface area contributed by atoms with E-state index in [2.05, 4.69) is 22.9 Å². The molecule has 0 bridgehead atoms. The van der Waals surface area contributed by atoms with Gasteiger partial charge >= 0.3 is 11.9 Å². The van der Waals surface area contributed by atoms with Crippen molar-refractivity contribution in [2.45, 2.75) is 31.8 Å². The van der Waals surface area contributed by atoms with Crippen LogP contribution in [0.3, 0.4) is 0 Å². The van der Waals surface area contributed by atoms with Gasteiger partial charge in [0.05, 0.1) is 0 Å². The van der Waals surface area contributed by atoms with Gasteiger partial charge in [-0.25, -0.2) is 4.79 Å². The number of rotatable bonds is 8. The van der Waals surface area contributed by atoms with Crippen molar-refractivity contribution in [3.63, 3.8) is 0 Å². The average molecular weight is 337 g/mol. The Hall–Kier alpha value is -2.01. The lowest BCUT2D eigenvalue weighted by Crippen LogP contribution is -2.40. The van der Waals surface area contributed by atoms with Crippen molar-refractivity contribution in [2.75, 3.05) is 12.3 Å². The molecule has 22 heavy (non-hydrogen) atoms. The topological polar surface area (TPSA) is 194 Å². The van der Waals surface area contributed by atoms with Crippen molar-refractivity contribution in [1.82, 2.24) is 5.32 Å². The van der Waals surface area contributed by atoms with Crippen LogP contribution < -0.4 is 22.5 Å². The first-order valence-corrected chi connectivity index (χ1v) is 6.89. The molecule has 0 heterocycles. The summed E-state index contributed by atoms with van der Waals surface area (Å²) >= 11 is 3.73. The number of carboxylic acids is 2. The number of thiol groups is 1. The van der Waals surface area contributed by atoms with Crippen LogP contribution in [-0.4, -0.2) is 58.4 Å². The third-order valence-corrected chi connectivity index (χ3v) is 2.51. The lowest BCUT2D eigenvalue weighted by molar-refractivity contribution is -0.141. The van der Waals surface area contributed by atoms with Crippen LogP contribution in [0.5, 0.6) is 0 Å². The van der Waals surface area contributed by atoms with Crippen molar-refractivity contribution < 1.29 is 24.6 Å². The largest absolute Gasteiger partial charge is 0.480 e. The van der Waals surface area contributed by atoms with E-state index in [0.717, 1.165) is 0 Å². The summed E-state index contributed by atoms with van der Waals surface area (Å²) in [5.41, 5.74) is 15.3. The van der Waals surface area contributed by atoms with E-state index < -0.39 is 24.0 Å². The van der Waals surface area contributed by atoms with Gasteiger partial charge in [0.1, 0.15) is 12.1 Å². The van der Waals surface area contributed by atoms with Crippen LogP contribution in [0, 0.1) is 0 Å². The smallest absolute Gasteiger partial charge is 0.327 e. The van der Waals surface area contributed by atoms with Crippen LogP contribution in [0.1, 0.15) is 19.8 Å². The third kappa shape index (κ3) is 14.4. The highest BCUT2D eigenvalue weighted by Crippen LogP contribution is 1.94. The van der Waals surface area contributed by atoms with Crippen LogP contribution in [0.4, 0.5) is 0 Å². The molecule has 128 valence electrons. The molecular weight excluding hydrogens is 314 g/mol. The molecule has 10 nitrogen and oxygen atoms in total. The Morgan fingerprint density at radius 1 is 1.23 bits per heavy atom. The maximum absolute atomic E-state index is 10.3. The Balaban J connectivity index is 0. The number of guanidine groups is 1. The summed E-state index contributed by atoms with van der Waals surface area (Å²) < 4.78 is 0. The van der Waals surface area contributed by atoms with E-state index in [1.807, 2.05) is 0 Å². The zero-order valence-electron chi connectivity index (χ0n) is 12.2. The number of carbonyl (C=O) groups excluding carboxylic acids is 1. The van der Waals surface area contributed by atoms with E-state index in [0.29, 0.717) is 19.4 Å². The minimum absolute atomic E-state index is 0.0129. The molecule has 0 radical (unpaired) electrons. The van der Waals surface area contributed by atoms with Gasteiger partial charge in [0.25, 0.3) is 0 Å². The summed E-state index contributed by atoms with van der Waals surface area (Å²) in [6.07, 6.45) is 0.956. The first kappa shape index (κ1) is 22.3. The van der Waals surface area contributed by atoms with E-state index in [4.69, 9.17) is 27.4 Å². The fourth-order valence-corrected chi connectivity index (χ4v) is 1.32. The molecule has 0 aromatic rings. The van der Waals surface area contributed by atoms with Crippen LogP contribution in [-0.2, 0) is 14.4 Å². The summed E-state index contributed by atoms with van der Waals surface area (Å²) in [7, 11) is 0. The molecule has 0 aromatic heterocycles. The molecule has 0 aliphatic carbocycles. The lowest BCUT2D eigenvalue weighted by atomic mass is 10.2. The SMILES string of the molecule is CC(=O)N[C@@H](CS)C(=O)O.NC(N)=NCCCC(N)C(=O)O. The summed E-state index contributed by atoms with van der Waals surface area (Å²) in [6.45, 7) is 1.68. The molecule has 0 saturated heterocycles. The monoisotopic (exact) mass is 337 g/mol. The predicted molar refractivity (Wildman–Crippen MR) is 84.6 cm³/mol. The lowest BCUT2D eigenvalue weighted by Gasteiger charge is -2.08. The maximum Gasteiger partial charge on any atom is 0.327 e. The molecule has 0 aromatic carbocycles. The number of nitrogens with two attached hydrogens (primary N) is 3. The van der Waals surface area contributed by atoms with Gasteiger partial charge in [-0.1, -0.05) is 0 Å². The molecule has 0 aliphatic rings. The van der Waals surface area contributed by atoms with Crippen molar-refractivity contribution >= 4 is 36.4 Å². The quantitative estimate of drug-likeness (QED) is 0.114. The molecule has 0 aliphatic heterocycles. The van der Waals surface area contributed by atoms with E-state index in [-0.39, 0.29) is 17.6 Å². The Labute approximate surface area is 133 Å². The zero-order valence-corrected chi connectivity index (χ0v) is 13.1. The number of amides is 1. The first-order valence-electron chi connectivity index (χ1n) is 6.26. The second-order valence-corrected chi connectivity index (χ2v) is 4.53. The van der Waals surface area contributed by atoms with Gasteiger partial charge in [-0.2, -0.15) is 12.6 Å². The zero-order chi connectivity index (χ0) is 17.7. The third-order valence-electron chi connectivity index (χ3n) is 2.14. The van der Waals surface area contributed by atoms with Crippen LogP contribution in [0.2, 0.25) is 0 Å². The van der Waals surface area contributed by atoms with Gasteiger partial charge in [0.2, 0.25) is 5.91 Å². The number of hydrogen-bond acceptors (Lipinski definition) is 6. The molecule has 2 atom stereocenters. The minimum atomic E-state index is -1.06. The van der Waals surface area contributed by atoms with E-state index in [1.54, 1.807) is 0 Å². The van der Waals surface area contributed by atoms with E-state index in [9.17, 15) is 14.4 Å². The van der Waals surface area contributed by atoms with Crippen molar-refractivity contribution in [3.8, 4) is 0 Å². The van der Waals surface area contributed by atoms with Gasteiger partial charge in [0, 0.05) is 19.2 Å². The standard InChI is InChI=1S/C6H14N4O2.C5H9NO3S/c7-4(5(11)12)2-1-3-10-6(8)9;1-3(7)6-4(2-10)5(8)9/h4H,1-3,7H2,(H,11,12)(H4,8,9,10);4,10H,2H2,1H3,(H,6,7)(H,8,9)/t;4-/m.0/s1. The predicted octanol–water partition coefficient (Wildman–Crippen LogP) is -2.04. The molecule has 1 unspecified atom stereocenters. The van der Waals surface area contributed by atoms with E-state index >= 15 is 0 Å². The minimum Gasteiger partial charge on any atom is -0.480 e. The first-order chi connectivity index (χ1) is 10.1. The van der Waals surface area contributed by atoms with Crippen molar-refractivity contribution in [3.05, 3.63) is 0 Å². The van der Waals surface area contributed by atoms with E-state index in [1.165, 1.54) is 6.92 Å². The highest BCUT2D eigenvalue weighted by Gasteiger charge is 2.15. The molecule has 0 saturated carbocycles. The highest BCUT2D eigenvalue weighted by atomic mass is 32.1. The molecular formula is C11H23N5O5S. The van der Waals surface area contributed by atoms with Gasteiger partial charge in [-0.05, 0) is 12.8 Å². The number of hydrogen-bond donors (Lipinski definition) is 7. The fourth-order valence-electron chi connectivity index (χ4n) is 1.07. The summed E-state index contributed by atoms with van der Waals surface area (Å²) in [5.74, 6) is -2.31. The van der Waals surface area contributed by atoms with Gasteiger partial charge in [-0.3, -0.25) is 14.6 Å². The molecule has 0 fully saturated rings. The Morgan fingerprint density at radius 2 is 1.77 bits per heavy atom. The summed E-state index contributed by atoms with van der Waals surface area (Å²) in [6, 6.07) is -1.69. The summed E-state index contributed by atoms with van der Waals surface area (Å²) in [4.78, 5) is 34.4. The molecule has 1 amide bonds. The van der Waals surface area contributed by atoms with Gasteiger partial charge < -0.3 is 32.7 Å². The van der Waals surface area contributed by atoms with Crippen molar-refractivity contribution in [2.24, 2.45) is 22.2 Å². The number of nitrogens with zero attached hydrogens (tertiary/aromatic N) is 1. The van der Waals surface area contributed by atoms with Gasteiger partial charge in [-0.15, -0.1) is 0 Å². The normalized spacial score (nSPS) is 12.1. The fraction of sp³-hybridized carbons (Fsp3) is 0.636. The van der Waals surface area contributed by atoms with Crippen LogP contribution >= 0.6 is 12.6 Å². The van der Waals surface area contributed by atoms with Crippen LogP contribution in [0.25, 0.3) is 0 Å². The summed E-state index contributed by atoms with van der Waals surface area (Å²) in [5, 5.41) is 19.0. The maximum atomic E-state index is 10.3. The Bertz CT molecular complexity index is 400. The van der Waals surface area contributed by atoms with Crippen LogP contribution in [0.15, 0.2) is 4.99 Å². The second-order valence-electron chi connectivity index (χ2n) is 4.17. The molecule has 11 heteroatoms. The second kappa shape index (κ2) is 12.7. The molecule has 9 N–H and O–H groups in total. The highest BCUT2D eigenvalue weighted by molar-refractivity contribution is 7.80. The average Bonchev–Trinajstić information content (AvgIpc) is 2.40. The van der Waals surface area contributed by atoms with Crippen molar-refractivity contribution in [1.29, 1.82) is 0 Å². The Kier molecular flexibility index (Phi) is 12.9. The Morgan fingerprint density at radius 3 is 2.05 bits per heavy atom. The molecule has 0 spiro atoms. The number of carboxylic acid groups (broad SMARTS) is 2. The number of aliphatic imine (C=N–C) groups is 1. The number of aliphatic carboxylic acids is 2. The number of carbonyl (C=O) groups is 3.